The van der Waals surface area contributed by atoms with Crippen molar-refractivity contribution in [1.82, 2.24) is 20.1 Å². The van der Waals surface area contributed by atoms with Crippen molar-refractivity contribution in [1.29, 1.82) is 0 Å². The van der Waals surface area contributed by atoms with Crippen LogP contribution in [0.5, 0.6) is 0 Å². The molecule has 4 aliphatic rings. The monoisotopic (exact) mass is 610 g/mol. The maximum absolute atomic E-state index is 13.9. The lowest BCUT2D eigenvalue weighted by Crippen LogP contribution is -2.57. The minimum absolute atomic E-state index is 0.102. The lowest BCUT2D eigenvalue weighted by atomic mass is 9.46. The first kappa shape index (κ1) is 28.1. The molecule has 44 heavy (non-hydrogen) atoms. The molecule has 2 N–H and O–H groups in total. The minimum Gasteiger partial charge on any atom is -0.393 e. The van der Waals surface area contributed by atoms with Gasteiger partial charge in [-0.15, -0.1) is 11.3 Å². The van der Waals surface area contributed by atoms with E-state index in [1.54, 1.807) is 23.5 Å². The summed E-state index contributed by atoms with van der Waals surface area (Å²) in [6, 6.07) is 14.4. The number of hydrogen-bond donors (Lipinski definition) is 2. The lowest BCUT2D eigenvalue weighted by molar-refractivity contribution is -0.144. The molecule has 8 rings (SSSR count). The zero-order chi connectivity index (χ0) is 30.4. The van der Waals surface area contributed by atoms with Crippen molar-refractivity contribution in [2.45, 2.75) is 71.4 Å². The number of carbonyl (C=O) groups excluding carboxylic acids is 1. The second-order valence-electron chi connectivity index (χ2n) is 14.2. The number of aromatic nitrogens is 3. The highest BCUT2D eigenvalue weighted by Gasteiger charge is 2.63. The molecule has 3 fully saturated rings. The number of para-hydroxylation sites is 1. The van der Waals surface area contributed by atoms with E-state index >= 15 is 0 Å². The molecule has 2 aromatic heterocycles. The van der Waals surface area contributed by atoms with Gasteiger partial charge in [0.05, 0.1) is 39.9 Å². The Balaban J connectivity index is 1.04. The van der Waals surface area contributed by atoms with Gasteiger partial charge in [-0.05, 0) is 122 Å². The lowest BCUT2D eigenvalue weighted by Gasteiger charge is -2.59. The number of carbonyl (C=O) groups is 1. The van der Waals surface area contributed by atoms with Crippen LogP contribution >= 0.6 is 11.3 Å². The third kappa shape index (κ3) is 4.17. The van der Waals surface area contributed by atoms with Crippen molar-refractivity contribution in [3.63, 3.8) is 0 Å². The molecule has 228 valence electrons. The largest absolute Gasteiger partial charge is 0.393 e. The smallest absolute Gasteiger partial charge is 0.224 e. The van der Waals surface area contributed by atoms with Crippen LogP contribution in [0, 0.1) is 40.3 Å². The van der Waals surface area contributed by atoms with Gasteiger partial charge in [0.25, 0.3) is 0 Å². The normalized spacial score (nSPS) is 33.1. The first-order valence-corrected chi connectivity index (χ1v) is 16.9. The topological polar surface area (TPSA) is 80.0 Å². The molecule has 3 saturated carbocycles. The van der Waals surface area contributed by atoms with Gasteiger partial charge in [-0.2, -0.15) is 5.10 Å². The van der Waals surface area contributed by atoms with E-state index in [0.717, 1.165) is 58.7 Å². The van der Waals surface area contributed by atoms with E-state index in [2.05, 4.69) is 31.3 Å². The van der Waals surface area contributed by atoms with Crippen molar-refractivity contribution in [3.05, 3.63) is 82.4 Å². The molecule has 1 amide bonds. The number of halogens is 1. The highest BCUT2D eigenvalue weighted by Crippen LogP contribution is 2.66. The number of amides is 1. The summed E-state index contributed by atoms with van der Waals surface area (Å²) in [5.41, 5.74) is 5.06. The van der Waals surface area contributed by atoms with E-state index in [4.69, 9.17) is 10.1 Å². The predicted molar refractivity (Wildman–Crippen MR) is 171 cm³/mol. The molecular formula is C36H39FN4O2S. The van der Waals surface area contributed by atoms with E-state index in [0.29, 0.717) is 18.3 Å². The Morgan fingerprint density at radius 3 is 2.73 bits per heavy atom. The zero-order valence-corrected chi connectivity index (χ0v) is 26.3. The number of aliphatic hydroxyl groups is 1. The van der Waals surface area contributed by atoms with Gasteiger partial charge < -0.3 is 10.4 Å². The predicted octanol–water partition coefficient (Wildman–Crippen LogP) is 7.27. The fourth-order valence-corrected chi connectivity index (χ4v) is 10.8. The van der Waals surface area contributed by atoms with Gasteiger partial charge in [-0.3, -0.25) is 4.79 Å². The molecule has 0 spiro atoms. The Kier molecular flexibility index (Phi) is 6.44. The van der Waals surface area contributed by atoms with Crippen LogP contribution in [0.15, 0.2) is 60.3 Å². The summed E-state index contributed by atoms with van der Waals surface area (Å²) >= 11 is 1.64. The molecule has 0 saturated heterocycles. The maximum Gasteiger partial charge on any atom is 0.224 e. The fraction of sp³-hybridized carbons (Fsp3) is 0.472. The Morgan fingerprint density at radius 1 is 1.14 bits per heavy atom. The van der Waals surface area contributed by atoms with Crippen LogP contribution in [-0.4, -0.2) is 31.9 Å². The number of thiazole rings is 1. The summed E-state index contributed by atoms with van der Waals surface area (Å²) in [6.45, 7) is 6.65. The van der Waals surface area contributed by atoms with Crippen molar-refractivity contribution in [3.8, 4) is 5.69 Å². The summed E-state index contributed by atoms with van der Waals surface area (Å²) in [5.74, 6) is 0.658. The van der Waals surface area contributed by atoms with E-state index in [1.165, 1.54) is 23.3 Å². The molecule has 2 heterocycles. The average Bonchev–Trinajstić information content (AvgIpc) is 3.70. The molecule has 4 aliphatic carbocycles. The number of rotatable bonds is 4. The van der Waals surface area contributed by atoms with Crippen molar-refractivity contribution < 1.29 is 14.3 Å². The highest BCUT2D eigenvalue weighted by molar-refractivity contribution is 7.18. The summed E-state index contributed by atoms with van der Waals surface area (Å²) in [7, 11) is 0. The summed E-state index contributed by atoms with van der Waals surface area (Å²) in [4.78, 5) is 18.7. The van der Waals surface area contributed by atoms with Gasteiger partial charge >= 0.3 is 0 Å². The number of allylic oxidation sites excluding steroid dienone is 1. The number of nitrogens with one attached hydrogen (secondary N) is 1. The Morgan fingerprint density at radius 2 is 1.93 bits per heavy atom. The summed E-state index contributed by atoms with van der Waals surface area (Å²) in [5, 5.41) is 20.9. The van der Waals surface area contributed by atoms with Gasteiger partial charge in [0.2, 0.25) is 5.91 Å². The van der Waals surface area contributed by atoms with Crippen LogP contribution in [-0.2, 0) is 11.2 Å². The first-order valence-electron chi connectivity index (χ1n) is 16.0. The molecule has 8 unspecified atom stereocenters. The molecular weight excluding hydrogens is 571 g/mol. The minimum atomic E-state index is -0.473. The average molecular weight is 611 g/mol. The first-order chi connectivity index (χ1) is 21.2. The van der Waals surface area contributed by atoms with Crippen LogP contribution in [0.25, 0.3) is 22.0 Å². The standard InChI is InChI=1S/C36H39FN4O2S/c1-20(34-40-28-6-4-5-7-31(28)44-34)39-33(43)27-15-14-26-25-13-8-22-16-29-21(19-38-41(29)24-11-9-23(37)10-12-24)17-35(22,2)32(25)30(42)18-36(26,27)3/h4-7,9-12,16,19-20,25-27,30,32,42H,8,13-15,17-18H2,1-3H3,(H,39,43). The van der Waals surface area contributed by atoms with E-state index in [-0.39, 0.29) is 40.4 Å². The second-order valence-corrected chi connectivity index (χ2v) is 15.3. The number of aliphatic hydroxyl groups excluding tert-OH is 1. The summed E-state index contributed by atoms with van der Waals surface area (Å²) in [6.07, 6.45) is 9.15. The van der Waals surface area contributed by atoms with Gasteiger partial charge in [-0.25, -0.2) is 14.1 Å². The van der Waals surface area contributed by atoms with Crippen LogP contribution < -0.4 is 5.32 Å². The van der Waals surface area contributed by atoms with Gasteiger partial charge in [0.15, 0.2) is 0 Å². The third-order valence-corrected chi connectivity index (χ3v) is 13.1. The molecule has 0 bridgehead atoms. The molecule has 8 heteroatoms. The summed E-state index contributed by atoms with van der Waals surface area (Å²) < 4.78 is 16.6. The number of benzene rings is 2. The molecule has 6 nitrogen and oxygen atoms in total. The highest BCUT2D eigenvalue weighted by atomic mass is 32.1. The van der Waals surface area contributed by atoms with Crippen LogP contribution in [0.4, 0.5) is 4.39 Å². The van der Waals surface area contributed by atoms with Crippen molar-refractivity contribution >= 4 is 33.5 Å². The Hall–Kier alpha value is -3.36. The molecule has 0 aliphatic heterocycles. The maximum atomic E-state index is 13.9. The molecule has 4 aromatic rings. The number of fused-ring (bicyclic) bond motifs is 7. The molecule has 0 radical (unpaired) electrons. The molecule has 2 aromatic carbocycles. The quantitative estimate of drug-likeness (QED) is 0.255. The third-order valence-electron chi connectivity index (χ3n) is 11.8. The van der Waals surface area contributed by atoms with Gasteiger partial charge in [-0.1, -0.05) is 31.6 Å². The van der Waals surface area contributed by atoms with E-state index < -0.39 is 6.10 Å². The van der Waals surface area contributed by atoms with Crippen molar-refractivity contribution in [2.75, 3.05) is 0 Å². The van der Waals surface area contributed by atoms with E-state index in [9.17, 15) is 14.3 Å². The Labute approximate surface area is 261 Å². The number of nitrogens with zero attached hydrogens (tertiary/aromatic N) is 3. The number of hydrogen-bond acceptors (Lipinski definition) is 5. The van der Waals surface area contributed by atoms with Crippen LogP contribution in [0.2, 0.25) is 0 Å². The van der Waals surface area contributed by atoms with Crippen LogP contribution in [0.3, 0.4) is 0 Å². The van der Waals surface area contributed by atoms with Crippen LogP contribution in [0.1, 0.15) is 75.2 Å². The van der Waals surface area contributed by atoms with E-state index in [1.807, 2.05) is 36.0 Å². The van der Waals surface area contributed by atoms with Gasteiger partial charge in [0, 0.05) is 5.92 Å². The molecule has 8 atom stereocenters. The SMILES string of the molecule is CC(NC(=O)C1CCC2C3CCC4=Cc5c(cnn5-c5ccc(F)cc5)CC4(C)C3C(O)CC12C)c1nc2ccccc2s1. The Bertz CT molecular complexity index is 1760. The zero-order valence-electron chi connectivity index (χ0n) is 25.5. The fourth-order valence-electron chi connectivity index (χ4n) is 9.85. The van der Waals surface area contributed by atoms with Crippen molar-refractivity contribution in [2.24, 2.45) is 34.5 Å². The second kappa shape index (κ2) is 10.1. The van der Waals surface area contributed by atoms with Gasteiger partial charge in [0.1, 0.15) is 10.8 Å².